The molecule has 1 unspecified atom stereocenters. The van der Waals surface area contributed by atoms with Gasteiger partial charge in [-0.15, -0.1) is 0 Å². The lowest BCUT2D eigenvalue weighted by Crippen LogP contribution is -2.54. The highest BCUT2D eigenvalue weighted by Gasteiger charge is 2.33. The zero-order valence-electron chi connectivity index (χ0n) is 22.4. The second-order valence-electron chi connectivity index (χ2n) is 9.72. The summed E-state index contributed by atoms with van der Waals surface area (Å²) in [6.45, 7) is 5.00. The Labute approximate surface area is 240 Å². The highest BCUT2D eigenvalue weighted by molar-refractivity contribution is 7.92. The normalized spacial score (nSPS) is 12.2. The van der Waals surface area contributed by atoms with Gasteiger partial charge >= 0.3 is 0 Å². The van der Waals surface area contributed by atoms with E-state index in [9.17, 15) is 18.0 Å². The summed E-state index contributed by atoms with van der Waals surface area (Å²) in [4.78, 5) is 29.0. The maximum absolute atomic E-state index is 14.0. The van der Waals surface area contributed by atoms with Crippen molar-refractivity contribution in [1.29, 1.82) is 0 Å². The predicted octanol–water partition coefficient (Wildman–Crippen LogP) is 5.23. The molecule has 39 heavy (non-hydrogen) atoms. The summed E-state index contributed by atoms with van der Waals surface area (Å²) >= 11 is 12.2. The van der Waals surface area contributed by atoms with E-state index in [1.807, 2.05) is 44.2 Å². The summed E-state index contributed by atoms with van der Waals surface area (Å²) < 4.78 is 26.8. The van der Waals surface area contributed by atoms with Gasteiger partial charge in [0.2, 0.25) is 21.8 Å². The Morgan fingerprint density at radius 2 is 1.51 bits per heavy atom. The summed E-state index contributed by atoms with van der Waals surface area (Å²) in [5, 5.41) is 3.91. The third-order valence-electron chi connectivity index (χ3n) is 6.07. The fourth-order valence-electron chi connectivity index (χ4n) is 4.21. The second-order valence-corrected chi connectivity index (χ2v) is 12.5. The van der Waals surface area contributed by atoms with Crippen LogP contribution in [-0.2, 0) is 32.6 Å². The number of amides is 2. The number of benzene rings is 3. The van der Waals surface area contributed by atoms with E-state index in [4.69, 9.17) is 23.2 Å². The zero-order chi connectivity index (χ0) is 28.7. The topological polar surface area (TPSA) is 86.8 Å². The number of aryl methyl sites for hydroxylation is 1. The lowest BCUT2D eigenvalue weighted by Gasteiger charge is -2.34. The molecule has 0 saturated carbocycles. The molecular formula is C29H33Cl2N3O4S. The monoisotopic (exact) mass is 589 g/mol. The number of carbonyl (C=O) groups excluding carboxylic acids is 2. The SMILES string of the molecule is Cc1cc(Cl)ccc1N(CC(=O)N(Cc1ccc(Cl)cc1)C(Cc1ccccc1)C(=O)NC(C)C)S(C)(=O)=O. The third-order valence-corrected chi connectivity index (χ3v) is 7.69. The van der Waals surface area contributed by atoms with Crippen molar-refractivity contribution in [2.24, 2.45) is 0 Å². The number of rotatable bonds is 11. The average Bonchev–Trinajstić information content (AvgIpc) is 2.85. The van der Waals surface area contributed by atoms with Crippen molar-refractivity contribution < 1.29 is 18.0 Å². The fourth-order valence-corrected chi connectivity index (χ4v) is 5.47. The van der Waals surface area contributed by atoms with Gasteiger partial charge in [-0.2, -0.15) is 0 Å². The van der Waals surface area contributed by atoms with E-state index in [1.165, 1.54) is 4.90 Å². The minimum atomic E-state index is -3.86. The molecule has 2 amide bonds. The van der Waals surface area contributed by atoms with E-state index < -0.39 is 28.5 Å². The predicted molar refractivity (Wildman–Crippen MR) is 158 cm³/mol. The number of nitrogens with one attached hydrogen (secondary N) is 1. The molecule has 3 rings (SSSR count). The minimum Gasteiger partial charge on any atom is -0.352 e. The number of hydrogen-bond donors (Lipinski definition) is 1. The molecule has 0 saturated heterocycles. The van der Waals surface area contributed by atoms with Crippen LogP contribution in [0.5, 0.6) is 0 Å². The van der Waals surface area contributed by atoms with Crippen molar-refractivity contribution >= 4 is 50.7 Å². The molecule has 1 N–H and O–H groups in total. The Morgan fingerprint density at radius 3 is 2.08 bits per heavy atom. The highest BCUT2D eigenvalue weighted by Crippen LogP contribution is 2.26. The summed E-state index contributed by atoms with van der Waals surface area (Å²) in [6.07, 6.45) is 1.29. The van der Waals surface area contributed by atoms with E-state index in [0.717, 1.165) is 21.7 Å². The van der Waals surface area contributed by atoms with Gasteiger partial charge in [-0.1, -0.05) is 65.7 Å². The number of nitrogens with zero attached hydrogens (tertiary/aromatic N) is 2. The minimum absolute atomic E-state index is 0.0796. The van der Waals surface area contributed by atoms with Crippen LogP contribution < -0.4 is 9.62 Å². The molecule has 3 aromatic rings. The summed E-state index contributed by atoms with van der Waals surface area (Å²) in [5.74, 6) is -0.852. The van der Waals surface area contributed by atoms with Gasteiger partial charge in [0.1, 0.15) is 12.6 Å². The van der Waals surface area contributed by atoms with Crippen molar-refractivity contribution in [1.82, 2.24) is 10.2 Å². The van der Waals surface area contributed by atoms with Crippen LogP contribution >= 0.6 is 23.2 Å². The molecule has 0 heterocycles. The first kappa shape index (κ1) is 30.5. The Hall–Kier alpha value is -3.07. The van der Waals surface area contributed by atoms with Gasteiger partial charge in [-0.3, -0.25) is 13.9 Å². The molecule has 1 atom stereocenters. The molecule has 10 heteroatoms. The van der Waals surface area contributed by atoms with E-state index in [2.05, 4.69) is 5.32 Å². The van der Waals surface area contributed by atoms with E-state index in [1.54, 1.807) is 49.4 Å². The van der Waals surface area contributed by atoms with Crippen molar-refractivity contribution in [2.75, 3.05) is 17.1 Å². The second kappa shape index (κ2) is 13.3. The van der Waals surface area contributed by atoms with E-state index in [0.29, 0.717) is 21.3 Å². The number of hydrogen-bond acceptors (Lipinski definition) is 4. The molecule has 3 aromatic carbocycles. The van der Waals surface area contributed by atoms with Gasteiger partial charge in [0, 0.05) is 29.1 Å². The van der Waals surface area contributed by atoms with Gasteiger partial charge < -0.3 is 10.2 Å². The number of carbonyl (C=O) groups is 2. The van der Waals surface area contributed by atoms with Crippen LogP contribution in [-0.4, -0.2) is 50.0 Å². The summed E-state index contributed by atoms with van der Waals surface area (Å²) in [7, 11) is -3.86. The molecule has 0 aliphatic rings. The van der Waals surface area contributed by atoms with Crippen LogP contribution in [0.1, 0.15) is 30.5 Å². The largest absolute Gasteiger partial charge is 0.352 e. The van der Waals surface area contributed by atoms with Gasteiger partial charge in [-0.25, -0.2) is 8.42 Å². The molecule has 0 aliphatic carbocycles. The van der Waals surface area contributed by atoms with Crippen molar-refractivity contribution in [3.63, 3.8) is 0 Å². The Kier molecular flexibility index (Phi) is 10.4. The summed E-state index contributed by atoms with van der Waals surface area (Å²) in [5.41, 5.74) is 2.55. The van der Waals surface area contributed by atoms with Gasteiger partial charge in [0.15, 0.2) is 0 Å². The van der Waals surface area contributed by atoms with Crippen LogP contribution in [0, 0.1) is 6.92 Å². The van der Waals surface area contributed by atoms with E-state index >= 15 is 0 Å². The number of sulfonamides is 1. The van der Waals surface area contributed by atoms with Crippen LogP contribution in [0.4, 0.5) is 5.69 Å². The molecule has 0 radical (unpaired) electrons. The molecule has 0 aliphatic heterocycles. The summed E-state index contributed by atoms with van der Waals surface area (Å²) in [6, 6.07) is 20.1. The Balaban J connectivity index is 2.07. The molecule has 7 nitrogen and oxygen atoms in total. The number of halogens is 2. The average molecular weight is 591 g/mol. The maximum atomic E-state index is 14.0. The van der Waals surface area contributed by atoms with Crippen LogP contribution in [0.15, 0.2) is 72.8 Å². The van der Waals surface area contributed by atoms with Gasteiger partial charge in [0.25, 0.3) is 0 Å². The molecule has 0 aromatic heterocycles. The molecular weight excluding hydrogens is 557 g/mol. The van der Waals surface area contributed by atoms with E-state index in [-0.39, 0.29) is 24.9 Å². The van der Waals surface area contributed by atoms with Crippen molar-refractivity contribution in [3.8, 4) is 0 Å². The van der Waals surface area contributed by atoms with Crippen molar-refractivity contribution in [3.05, 3.63) is 99.5 Å². The standard InChI is InChI=1S/C29H33Cl2N3O4S/c1-20(2)32-29(36)27(17-22-8-6-5-7-9-22)33(18-23-10-12-24(30)13-11-23)28(35)19-34(39(4,37)38)26-15-14-25(31)16-21(26)3/h5-16,20,27H,17-19H2,1-4H3,(H,32,36). The maximum Gasteiger partial charge on any atom is 0.244 e. The fraction of sp³-hybridized carbons (Fsp3) is 0.310. The smallest absolute Gasteiger partial charge is 0.244 e. The van der Waals surface area contributed by atoms with Crippen LogP contribution in [0.2, 0.25) is 10.0 Å². The first-order valence-electron chi connectivity index (χ1n) is 12.5. The molecule has 0 fully saturated rings. The number of anilines is 1. The van der Waals surface area contributed by atoms with Crippen molar-refractivity contribution in [2.45, 2.75) is 45.8 Å². The lowest BCUT2D eigenvalue weighted by atomic mass is 10.0. The molecule has 0 spiro atoms. The zero-order valence-corrected chi connectivity index (χ0v) is 24.7. The lowest BCUT2D eigenvalue weighted by molar-refractivity contribution is -0.140. The van der Waals surface area contributed by atoms with Crippen LogP contribution in [0.3, 0.4) is 0 Å². The Morgan fingerprint density at radius 1 is 0.897 bits per heavy atom. The first-order valence-corrected chi connectivity index (χ1v) is 15.1. The molecule has 0 bridgehead atoms. The highest BCUT2D eigenvalue weighted by atomic mass is 35.5. The first-order chi connectivity index (χ1) is 18.3. The third kappa shape index (κ3) is 8.71. The van der Waals surface area contributed by atoms with Crippen LogP contribution in [0.25, 0.3) is 0 Å². The van der Waals surface area contributed by atoms with Gasteiger partial charge in [-0.05, 0) is 67.8 Å². The Bertz CT molecular complexity index is 1400. The quantitative estimate of drug-likeness (QED) is 0.331. The van der Waals surface area contributed by atoms with Gasteiger partial charge in [0.05, 0.1) is 11.9 Å². The molecule has 208 valence electrons.